The Kier molecular flexibility index (Phi) is 2.41. The number of carbonyl (C=O) groups is 1. The zero-order valence-corrected chi connectivity index (χ0v) is 11.4. The van der Waals surface area contributed by atoms with Crippen LogP contribution in [0.15, 0.2) is 30.3 Å². The van der Waals surface area contributed by atoms with Crippen LogP contribution >= 0.6 is 0 Å². The fourth-order valence-corrected chi connectivity index (χ4v) is 3.12. The summed E-state index contributed by atoms with van der Waals surface area (Å²) >= 11 is 0. The predicted molar refractivity (Wildman–Crippen MR) is 75.2 cm³/mol. The third-order valence-corrected chi connectivity index (χ3v) is 4.34. The van der Waals surface area contributed by atoms with E-state index < -0.39 is 22.9 Å². The van der Waals surface area contributed by atoms with Crippen molar-refractivity contribution in [1.29, 1.82) is 0 Å². The summed E-state index contributed by atoms with van der Waals surface area (Å²) < 4.78 is 40.7. The summed E-state index contributed by atoms with van der Waals surface area (Å²) in [4.78, 5) is 13.9. The molecule has 1 spiro atoms. The van der Waals surface area contributed by atoms with Crippen molar-refractivity contribution in [3.05, 3.63) is 53.3 Å². The van der Waals surface area contributed by atoms with Gasteiger partial charge in [-0.25, -0.2) is 13.2 Å². The maximum atomic E-state index is 13.8. The van der Waals surface area contributed by atoms with Gasteiger partial charge < -0.3 is 5.73 Å². The number of carbonyl (C=O) groups excluding carboxylic acids is 1. The number of halogens is 3. The number of hydrogen-bond donors (Lipinski definition) is 1. The van der Waals surface area contributed by atoms with Crippen LogP contribution in [0.5, 0.6) is 0 Å². The Morgan fingerprint density at radius 2 is 1.64 bits per heavy atom. The largest absolute Gasteiger partial charge is 0.396 e. The van der Waals surface area contributed by atoms with E-state index in [4.69, 9.17) is 5.73 Å². The number of nitrogens with two attached hydrogens (primary N) is 1. The molecule has 4 rings (SSSR count). The highest BCUT2D eigenvalue weighted by molar-refractivity contribution is 6.14. The van der Waals surface area contributed by atoms with Crippen LogP contribution in [0.4, 0.5) is 30.2 Å². The van der Waals surface area contributed by atoms with Gasteiger partial charge in [0.2, 0.25) is 5.91 Å². The van der Waals surface area contributed by atoms with E-state index in [9.17, 15) is 18.0 Å². The topological polar surface area (TPSA) is 46.3 Å². The summed E-state index contributed by atoms with van der Waals surface area (Å²) in [6.45, 7) is 0. The average molecular weight is 304 g/mol. The van der Waals surface area contributed by atoms with Gasteiger partial charge in [0.1, 0.15) is 17.5 Å². The smallest absolute Gasteiger partial charge is 0.242 e. The van der Waals surface area contributed by atoms with Crippen LogP contribution in [0.3, 0.4) is 0 Å². The second-order valence-electron chi connectivity index (χ2n) is 5.74. The second-order valence-corrected chi connectivity index (χ2v) is 5.74. The fraction of sp³-hybridized carbons (Fsp3) is 0.188. The van der Waals surface area contributed by atoms with E-state index in [1.54, 1.807) is 0 Å². The van der Waals surface area contributed by atoms with Crippen LogP contribution < -0.4 is 10.6 Å². The van der Waals surface area contributed by atoms with Crippen LogP contribution in [0.25, 0.3) is 0 Å². The highest BCUT2D eigenvalue weighted by Gasteiger charge is 2.59. The molecule has 2 aromatic carbocycles. The predicted octanol–water partition coefficient (Wildman–Crippen LogP) is 3.40. The maximum absolute atomic E-state index is 13.8. The lowest BCUT2D eigenvalue weighted by atomic mass is 9.97. The number of anilines is 3. The molecule has 3 nitrogen and oxygen atoms in total. The Labute approximate surface area is 124 Å². The Bertz CT molecular complexity index is 810. The van der Waals surface area contributed by atoms with Gasteiger partial charge in [-0.1, -0.05) is 0 Å². The number of nitrogens with zero attached hydrogens (tertiary/aromatic N) is 1. The molecule has 22 heavy (non-hydrogen) atoms. The van der Waals surface area contributed by atoms with Crippen molar-refractivity contribution in [3.63, 3.8) is 0 Å². The van der Waals surface area contributed by atoms with Crippen molar-refractivity contribution < 1.29 is 18.0 Å². The Morgan fingerprint density at radius 1 is 1.00 bits per heavy atom. The van der Waals surface area contributed by atoms with Crippen LogP contribution in [0.2, 0.25) is 0 Å². The number of fused-ring (bicyclic) bond motifs is 2. The minimum absolute atomic E-state index is 0.0369. The van der Waals surface area contributed by atoms with Crippen molar-refractivity contribution >= 4 is 23.0 Å². The highest BCUT2D eigenvalue weighted by Crippen LogP contribution is 2.59. The third kappa shape index (κ3) is 1.60. The van der Waals surface area contributed by atoms with Gasteiger partial charge in [-0.15, -0.1) is 0 Å². The SMILES string of the molecule is Nc1cc2c(cc1F)N(c1cc(F)cc(F)c1)C(=O)C21CC1. The van der Waals surface area contributed by atoms with Crippen LogP contribution in [-0.2, 0) is 10.2 Å². The van der Waals surface area contributed by atoms with Gasteiger partial charge in [0.25, 0.3) is 0 Å². The van der Waals surface area contributed by atoms with Crippen LogP contribution in [-0.4, -0.2) is 5.91 Å². The Balaban J connectivity index is 1.95. The fourth-order valence-electron chi connectivity index (χ4n) is 3.12. The molecule has 2 N–H and O–H groups in total. The van der Waals surface area contributed by atoms with Crippen molar-refractivity contribution in [1.82, 2.24) is 0 Å². The lowest BCUT2D eigenvalue weighted by molar-refractivity contribution is -0.119. The molecule has 1 heterocycles. The van der Waals surface area contributed by atoms with E-state index in [0.717, 1.165) is 24.3 Å². The number of nitrogen functional groups attached to an aromatic ring is 1. The van der Waals surface area contributed by atoms with E-state index in [1.807, 2.05) is 0 Å². The molecule has 1 fully saturated rings. The van der Waals surface area contributed by atoms with Crippen LogP contribution in [0, 0.1) is 17.5 Å². The molecule has 0 saturated heterocycles. The van der Waals surface area contributed by atoms with E-state index in [0.29, 0.717) is 24.1 Å². The molecule has 0 atom stereocenters. The molecule has 6 heteroatoms. The number of amides is 1. The summed E-state index contributed by atoms with van der Waals surface area (Å²) in [6, 6.07) is 5.44. The van der Waals surface area contributed by atoms with E-state index >= 15 is 0 Å². The maximum Gasteiger partial charge on any atom is 0.242 e. The summed E-state index contributed by atoms with van der Waals surface area (Å²) in [5.74, 6) is -2.54. The zero-order chi connectivity index (χ0) is 15.6. The molecule has 0 unspecified atom stereocenters. The number of benzene rings is 2. The second kappa shape index (κ2) is 4.03. The summed E-state index contributed by atoms with van der Waals surface area (Å²) in [7, 11) is 0. The standard InChI is InChI=1S/C16H11F3N2O/c17-8-3-9(18)5-10(4-8)21-14-7-12(19)13(20)6-11(14)16(1-2-16)15(21)22/h3-7H,1-2,20H2. The van der Waals surface area contributed by atoms with Gasteiger partial charge in [0, 0.05) is 12.1 Å². The van der Waals surface area contributed by atoms with Gasteiger partial charge in [-0.05, 0) is 36.6 Å². The first kappa shape index (κ1) is 13.2. The molecular formula is C16H11F3N2O. The van der Waals surface area contributed by atoms with E-state index in [1.165, 1.54) is 11.0 Å². The summed E-state index contributed by atoms with van der Waals surface area (Å²) in [5, 5.41) is 0. The van der Waals surface area contributed by atoms with Gasteiger partial charge in [0.05, 0.1) is 22.5 Å². The molecule has 2 aliphatic rings. The molecule has 0 radical (unpaired) electrons. The first-order valence-electron chi connectivity index (χ1n) is 6.82. The monoisotopic (exact) mass is 304 g/mol. The summed E-state index contributed by atoms with van der Waals surface area (Å²) in [6.07, 6.45) is 1.25. The first-order chi connectivity index (χ1) is 10.4. The molecule has 112 valence electrons. The van der Waals surface area contributed by atoms with Crippen molar-refractivity contribution in [2.24, 2.45) is 0 Å². The molecule has 2 aromatic rings. The highest BCUT2D eigenvalue weighted by atomic mass is 19.1. The normalized spacial score (nSPS) is 18.0. The molecule has 0 bridgehead atoms. The molecule has 1 amide bonds. The van der Waals surface area contributed by atoms with E-state index in [2.05, 4.69) is 0 Å². The van der Waals surface area contributed by atoms with Crippen molar-refractivity contribution in [3.8, 4) is 0 Å². The van der Waals surface area contributed by atoms with Crippen LogP contribution in [0.1, 0.15) is 18.4 Å². The van der Waals surface area contributed by atoms with Gasteiger partial charge >= 0.3 is 0 Å². The molecule has 1 aliphatic carbocycles. The quantitative estimate of drug-likeness (QED) is 0.821. The van der Waals surface area contributed by atoms with Gasteiger partial charge in [0.15, 0.2) is 0 Å². The first-order valence-corrected chi connectivity index (χ1v) is 6.82. The number of rotatable bonds is 1. The Morgan fingerprint density at radius 3 is 2.23 bits per heavy atom. The Hall–Kier alpha value is -2.50. The minimum atomic E-state index is -0.794. The molecule has 1 aliphatic heterocycles. The lowest BCUT2D eigenvalue weighted by Gasteiger charge is -2.18. The summed E-state index contributed by atoms with van der Waals surface area (Å²) in [5.41, 5.74) is 5.82. The van der Waals surface area contributed by atoms with Crippen molar-refractivity contribution in [2.45, 2.75) is 18.3 Å². The molecular weight excluding hydrogens is 293 g/mol. The lowest BCUT2D eigenvalue weighted by Crippen LogP contribution is -2.28. The number of hydrogen-bond acceptors (Lipinski definition) is 2. The zero-order valence-electron chi connectivity index (χ0n) is 11.4. The van der Waals surface area contributed by atoms with Gasteiger partial charge in [-0.2, -0.15) is 0 Å². The van der Waals surface area contributed by atoms with Crippen molar-refractivity contribution in [2.75, 3.05) is 10.6 Å². The molecule has 1 saturated carbocycles. The van der Waals surface area contributed by atoms with E-state index in [-0.39, 0.29) is 17.3 Å². The third-order valence-electron chi connectivity index (χ3n) is 4.34. The molecule has 0 aromatic heterocycles. The average Bonchev–Trinajstić information content (AvgIpc) is 3.19. The minimum Gasteiger partial charge on any atom is -0.396 e. The van der Waals surface area contributed by atoms with Gasteiger partial charge in [-0.3, -0.25) is 9.69 Å².